The smallest absolute Gasteiger partial charge is 0.224 e. The van der Waals surface area contributed by atoms with E-state index in [1.165, 1.54) is 22.7 Å². The maximum atomic E-state index is 13.3. The van der Waals surface area contributed by atoms with Crippen LogP contribution in [0.1, 0.15) is 30.3 Å². The van der Waals surface area contributed by atoms with Gasteiger partial charge in [-0.1, -0.05) is 12.1 Å². The number of carbonyl (C=O) groups is 1. The van der Waals surface area contributed by atoms with E-state index in [2.05, 4.69) is 10.3 Å². The molecule has 1 aromatic heterocycles. The molecule has 9 heteroatoms. The molecular formula is C18H23FN4O3S. The van der Waals surface area contributed by atoms with E-state index >= 15 is 0 Å². The van der Waals surface area contributed by atoms with Crippen molar-refractivity contribution in [1.82, 2.24) is 19.2 Å². The van der Waals surface area contributed by atoms with Crippen molar-refractivity contribution in [1.29, 1.82) is 0 Å². The Bertz CT molecular complexity index is 903. The molecule has 3 rings (SSSR count). The van der Waals surface area contributed by atoms with Gasteiger partial charge in [0.1, 0.15) is 17.7 Å². The van der Waals surface area contributed by atoms with Crippen molar-refractivity contribution in [2.24, 2.45) is 13.0 Å². The van der Waals surface area contributed by atoms with Gasteiger partial charge in [-0.15, -0.1) is 0 Å². The largest absolute Gasteiger partial charge is 0.342 e. The monoisotopic (exact) mass is 394 g/mol. The summed E-state index contributed by atoms with van der Waals surface area (Å²) in [5.41, 5.74) is 0.729. The molecule has 1 unspecified atom stereocenters. The van der Waals surface area contributed by atoms with Crippen molar-refractivity contribution in [2.45, 2.75) is 18.9 Å². The molecule has 7 nitrogen and oxygen atoms in total. The van der Waals surface area contributed by atoms with Crippen LogP contribution in [0, 0.1) is 11.7 Å². The van der Waals surface area contributed by atoms with Gasteiger partial charge in [-0.3, -0.25) is 4.79 Å². The van der Waals surface area contributed by atoms with Gasteiger partial charge in [0, 0.05) is 38.4 Å². The summed E-state index contributed by atoms with van der Waals surface area (Å²) in [5, 5.41) is 3.01. The van der Waals surface area contributed by atoms with Crippen molar-refractivity contribution in [3.05, 3.63) is 53.9 Å². The number of piperidine rings is 1. The van der Waals surface area contributed by atoms with E-state index < -0.39 is 16.1 Å². The number of imidazole rings is 1. The second kappa shape index (κ2) is 7.77. The second-order valence-electron chi connectivity index (χ2n) is 6.83. The summed E-state index contributed by atoms with van der Waals surface area (Å²) in [5.74, 6) is -0.132. The number of nitrogens with zero attached hydrogens (tertiary/aromatic N) is 3. The molecule has 1 aliphatic heterocycles. The molecule has 27 heavy (non-hydrogen) atoms. The van der Waals surface area contributed by atoms with E-state index in [0.29, 0.717) is 31.8 Å². The van der Waals surface area contributed by atoms with Gasteiger partial charge in [0.15, 0.2) is 0 Å². The number of benzene rings is 1. The first kappa shape index (κ1) is 19.5. The predicted molar refractivity (Wildman–Crippen MR) is 98.7 cm³/mol. The molecular weight excluding hydrogens is 371 g/mol. The maximum Gasteiger partial charge on any atom is 0.224 e. The summed E-state index contributed by atoms with van der Waals surface area (Å²) < 4.78 is 39.8. The normalized spacial score (nSPS) is 17.6. The van der Waals surface area contributed by atoms with Crippen LogP contribution in [0.15, 0.2) is 36.7 Å². The first-order chi connectivity index (χ1) is 12.8. The number of hydrogen-bond acceptors (Lipinski definition) is 4. The van der Waals surface area contributed by atoms with E-state index in [0.717, 1.165) is 5.56 Å². The molecule has 146 valence electrons. The molecule has 2 heterocycles. The lowest BCUT2D eigenvalue weighted by Crippen LogP contribution is -2.43. The topological polar surface area (TPSA) is 84.3 Å². The number of aromatic nitrogens is 2. The lowest BCUT2D eigenvalue weighted by molar-refractivity contribution is -0.126. The minimum Gasteiger partial charge on any atom is -0.342 e. The third-order valence-electron chi connectivity index (χ3n) is 4.90. The molecule has 0 bridgehead atoms. The molecule has 2 aromatic rings. The van der Waals surface area contributed by atoms with Crippen molar-refractivity contribution < 1.29 is 17.6 Å². The van der Waals surface area contributed by atoms with Gasteiger partial charge >= 0.3 is 0 Å². The number of rotatable bonds is 5. The molecule has 1 aliphatic rings. The highest BCUT2D eigenvalue weighted by Crippen LogP contribution is 2.24. The Labute approximate surface area is 158 Å². The fourth-order valence-corrected chi connectivity index (χ4v) is 4.19. The zero-order valence-corrected chi connectivity index (χ0v) is 16.1. The van der Waals surface area contributed by atoms with Gasteiger partial charge < -0.3 is 9.88 Å². The lowest BCUT2D eigenvalue weighted by atomic mass is 9.96. The minimum atomic E-state index is -3.23. The molecule has 0 radical (unpaired) electrons. The van der Waals surface area contributed by atoms with Crippen molar-refractivity contribution in [3.8, 4) is 0 Å². The second-order valence-corrected chi connectivity index (χ2v) is 8.81. The molecule has 1 fully saturated rings. The Morgan fingerprint density at radius 2 is 1.89 bits per heavy atom. The molecule has 0 saturated carbocycles. The average molecular weight is 394 g/mol. The molecule has 1 N–H and O–H groups in total. The number of aryl methyl sites for hydroxylation is 1. The number of sulfonamides is 1. The highest BCUT2D eigenvalue weighted by molar-refractivity contribution is 7.88. The molecule has 1 saturated heterocycles. The van der Waals surface area contributed by atoms with Crippen LogP contribution in [0.3, 0.4) is 0 Å². The van der Waals surface area contributed by atoms with Gasteiger partial charge in [0.25, 0.3) is 0 Å². The number of halogens is 1. The summed E-state index contributed by atoms with van der Waals surface area (Å²) >= 11 is 0. The standard InChI is InChI=1S/C18H23FN4O3S/c1-22-12-9-20-17(22)16(13-3-5-15(19)6-4-13)21-18(24)14-7-10-23(11-8-14)27(2,25)26/h3-6,9,12,14,16H,7-8,10-11H2,1-2H3,(H,21,24). The molecule has 0 spiro atoms. The number of nitrogens with one attached hydrogen (secondary N) is 1. The average Bonchev–Trinajstić information content (AvgIpc) is 3.05. The van der Waals surface area contributed by atoms with Crippen LogP contribution < -0.4 is 5.32 Å². The quantitative estimate of drug-likeness (QED) is 0.832. The van der Waals surface area contributed by atoms with E-state index in [9.17, 15) is 17.6 Å². The van der Waals surface area contributed by atoms with E-state index in [1.807, 2.05) is 7.05 Å². The van der Waals surface area contributed by atoms with Gasteiger partial charge in [0.2, 0.25) is 15.9 Å². The van der Waals surface area contributed by atoms with Gasteiger partial charge in [-0.05, 0) is 30.5 Å². The van der Waals surface area contributed by atoms with Crippen LogP contribution >= 0.6 is 0 Å². The van der Waals surface area contributed by atoms with Gasteiger partial charge in [0.05, 0.1) is 6.26 Å². The molecule has 1 atom stereocenters. The molecule has 0 aliphatic carbocycles. The number of carbonyl (C=O) groups excluding carboxylic acids is 1. The lowest BCUT2D eigenvalue weighted by Gasteiger charge is -2.30. The minimum absolute atomic E-state index is 0.152. The Hall–Kier alpha value is -2.26. The van der Waals surface area contributed by atoms with Crippen LogP contribution in [0.5, 0.6) is 0 Å². The Morgan fingerprint density at radius 1 is 1.26 bits per heavy atom. The predicted octanol–water partition coefficient (Wildman–Crippen LogP) is 1.44. The fourth-order valence-electron chi connectivity index (χ4n) is 3.32. The summed E-state index contributed by atoms with van der Waals surface area (Å²) in [6.45, 7) is 0.668. The molecule has 1 amide bonds. The van der Waals surface area contributed by atoms with Crippen LogP contribution in [-0.2, 0) is 21.9 Å². The summed E-state index contributed by atoms with van der Waals surface area (Å²) in [6, 6.07) is 5.44. The zero-order valence-electron chi connectivity index (χ0n) is 15.3. The van der Waals surface area contributed by atoms with Crippen molar-refractivity contribution in [3.63, 3.8) is 0 Å². The third kappa shape index (κ3) is 4.54. The van der Waals surface area contributed by atoms with Crippen LogP contribution in [-0.4, -0.2) is 47.5 Å². The highest BCUT2D eigenvalue weighted by Gasteiger charge is 2.31. The fraction of sp³-hybridized carbons (Fsp3) is 0.444. The zero-order chi connectivity index (χ0) is 19.6. The van der Waals surface area contributed by atoms with Gasteiger partial charge in [-0.2, -0.15) is 0 Å². The Morgan fingerprint density at radius 3 is 2.41 bits per heavy atom. The van der Waals surface area contributed by atoms with Crippen molar-refractivity contribution in [2.75, 3.05) is 19.3 Å². The van der Waals surface area contributed by atoms with Crippen LogP contribution in [0.2, 0.25) is 0 Å². The van der Waals surface area contributed by atoms with Crippen LogP contribution in [0.4, 0.5) is 4.39 Å². The number of amides is 1. The Balaban J connectivity index is 1.76. The first-order valence-corrected chi connectivity index (χ1v) is 10.6. The summed E-state index contributed by atoms with van der Waals surface area (Å²) in [4.78, 5) is 17.1. The number of hydrogen-bond donors (Lipinski definition) is 1. The maximum absolute atomic E-state index is 13.3. The SMILES string of the molecule is Cn1ccnc1C(NC(=O)C1CCN(S(C)(=O)=O)CC1)c1ccc(F)cc1. The highest BCUT2D eigenvalue weighted by atomic mass is 32.2. The van der Waals surface area contributed by atoms with Crippen molar-refractivity contribution >= 4 is 15.9 Å². The van der Waals surface area contributed by atoms with E-state index in [4.69, 9.17) is 0 Å². The van der Waals surface area contributed by atoms with Crippen LogP contribution in [0.25, 0.3) is 0 Å². The summed E-state index contributed by atoms with van der Waals surface area (Å²) in [7, 11) is -1.40. The Kier molecular flexibility index (Phi) is 5.61. The van der Waals surface area contributed by atoms with Gasteiger partial charge in [-0.25, -0.2) is 22.1 Å². The third-order valence-corrected chi connectivity index (χ3v) is 6.20. The molecule has 1 aromatic carbocycles. The van der Waals surface area contributed by atoms with E-state index in [-0.39, 0.29) is 17.6 Å². The van der Waals surface area contributed by atoms with E-state index in [1.54, 1.807) is 29.1 Å². The first-order valence-electron chi connectivity index (χ1n) is 8.74. The summed E-state index contributed by atoms with van der Waals surface area (Å²) in [6.07, 6.45) is 5.54.